The normalized spacial score (nSPS) is 10.4. The fourth-order valence-electron chi connectivity index (χ4n) is 1.68. The van der Waals surface area contributed by atoms with Gasteiger partial charge in [0.2, 0.25) is 11.7 Å². The highest BCUT2D eigenvalue weighted by Gasteiger charge is 2.11. The van der Waals surface area contributed by atoms with Crippen molar-refractivity contribution in [3.8, 4) is 10.7 Å². The zero-order chi connectivity index (χ0) is 13.8. The largest absolute Gasteiger partial charge is 0.343 e. The number of rotatable bonds is 4. The van der Waals surface area contributed by atoms with Crippen LogP contribution < -0.4 is 5.32 Å². The SMILES string of the molecule is O=C(NCc1nc(-c2cccs2)no1)c1ccccc1. The minimum Gasteiger partial charge on any atom is -0.343 e. The summed E-state index contributed by atoms with van der Waals surface area (Å²) in [4.78, 5) is 17.0. The first-order chi connectivity index (χ1) is 9.83. The summed E-state index contributed by atoms with van der Waals surface area (Å²) in [7, 11) is 0. The summed E-state index contributed by atoms with van der Waals surface area (Å²) >= 11 is 1.54. The predicted molar refractivity (Wildman–Crippen MR) is 75.2 cm³/mol. The number of nitrogens with zero attached hydrogens (tertiary/aromatic N) is 2. The summed E-state index contributed by atoms with van der Waals surface area (Å²) in [6.45, 7) is 0.214. The number of hydrogen-bond acceptors (Lipinski definition) is 5. The van der Waals surface area contributed by atoms with Gasteiger partial charge in [0, 0.05) is 5.56 Å². The molecule has 0 atom stereocenters. The maximum absolute atomic E-state index is 11.9. The van der Waals surface area contributed by atoms with Crippen LogP contribution in [0.2, 0.25) is 0 Å². The lowest BCUT2D eigenvalue weighted by Gasteiger charge is -2.01. The molecule has 0 bridgehead atoms. The van der Waals surface area contributed by atoms with Gasteiger partial charge in [-0.3, -0.25) is 4.79 Å². The van der Waals surface area contributed by atoms with E-state index in [1.54, 1.807) is 12.1 Å². The van der Waals surface area contributed by atoms with E-state index in [0.29, 0.717) is 17.3 Å². The van der Waals surface area contributed by atoms with Gasteiger partial charge < -0.3 is 9.84 Å². The molecule has 20 heavy (non-hydrogen) atoms. The van der Waals surface area contributed by atoms with Crippen molar-refractivity contribution in [1.82, 2.24) is 15.5 Å². The molecule has 0 spiro atoms. The third-order valence-corrected chi connectivity index (χ3v) is 3.51. The molecule has 0 fully saturated rings. The van der Waals surface area contributed by atoms with E-state index in [1.807, 2.05) is 35.7 Å². The number of nitrogens with one attached hydrogen (secondary N) is 1. The number of carbonyl (C=O) groups is 1. The number of amides is 1. The lowest BCUT2D eigenvalue weighted by molar-refractivity contribution is 0.0946. The quantitative estimate of drug-likeness (QED) is 0.800. The maximum atomic E-state index is 11.9. The molecular weight excluding hydrogens is 274 g/mol. The van der Waals surface area contributed by atoms with Gasteiger partial charge in [-0.05, 0) is 23.6 Å². The summed E-state index contributed by atoms with van der Waals surface area (Å²) in [5.41, 5.74) is 0.602. The van der Waals surface area contributed by atoms with Gasteiger partial charge in [-0.1, -0.05) is 29.4 Å². The summed E-state index contributed by atoms with van der Waals surface area (Å²) in [5, 5.41) is 8.57. The molecule has 1 N–H and O–H groups in total. The van der Waals surface area contributed by atoms with Crippen LogP contribution in [0.25, 0.3) is 10.7 Å². The number of aromatic nitrogens is 2. The van der Waals surface area contributed by atoms with E-state index < -0.39 is 0 Å². The van der Waals surface area contributed by atoms with Gasteiger partial charge >= 0.3 is 0 Å². The molecule has 0 aliphatic heterocycles. The molecule has 6 heteroatoms. The number of benzene rings is 1. The zero-order valence-corrected chi connectivity index (χ0v) is 11.3. The Morgan fingerprint density at radius 3 is 2.80 bits per heavy atom. The van der Waals surface area contributed by atoms with Crippen molar-refractivity contribution in [3.63, 3.8) is 0 Å². The minimum atomic E-state index is -0.165. The van der Waals surface area contributed by atoms with Crippen molar-refractivity contribution in [2.45, 2.75) is 6.54 Å². The van der Waals surface area contributed by atoms with Crippen LogP contribution in [0.1, 0.15) is 16.2 Å². The fraction of sp³-hybridized carbons (Fsp3) is 0.0714. The first-order valence-corrected chi connectivity index (χ1v) is 6.90. The van der Waals surface area contributed by atoms with Crippen molar-refractivity contribution >= 4 is 17.2 Å². The van der Waals surface area contributed by atoms with Gasteiger partial charge in [0.1, 0.15) is 0 Å². The lowest BCUT2D eigenvalue weighted by Crippen LogP contribution is -2.22. The Morgan fingerprint density at radius 2 is 2.05 bits per heavy atom. The summed E-state index contributed by atoms with van der Waals surface area (Å²) in [5.74, 6) is 0.767. The standard InChI is InChI=1S/C14H11N3O2S/c18-14(10-5-2-1-3-6-10)15-9-12-16-13(17-19-12)11-7-4-8-20-11/h1-8H,9H2,(H,15,18). The van der Waals surface area contributed by atoms with E-state index in [2.05, 4.69) is 15.5 Å². The average molecular weight is 285 g/mol. The molecule has 1 aromatic carbocycles. The second-order valence-electron chi connectivity index (χ2n) is 4.04. The third-order valence-electron chi connectivity index (χ3n) is 2.65. The molecule has 0 saturated carbocycles. The van der Waals surface area contributed by atoms with E-state index in [9.17, 15) is 4.79 Å². The Balaban J connectivity index is 1.63. The highest BCUT2D eigenvalue weighted by molar-refractivity contribution is 7.13. The summed E-state index contributed by atoms with van der Waals surface area (Å²) in [6, 6.07) is 12.8. The minimum absolute atomic E-state index is 0.165. The van der Waals surface area contributed by atoms with Crippen molar-refractivity contribution in [2.75, 3.05) is 0 Å². The Kier molecular flexibility index (Phi) is 3.56. The molecule has 0 saturated heterocycles. The molecule has 5 nitrogen and oxygen atoms in total. The maximum Gasteiger partial charge on any atom is 0.251 e. The van der Waals surface area contributed by atoms with Gasteiger partial charge in [0.15, 0.2) is 0 Å². The molecule has 0 aliphatic carbocycles. The topological polar surface area (TPSA) is 68.0 Å². The number of carbonyl (C=O) groups excluding carboxylic acids is 1. The first kappa shape index (κ1) is 12.6. The summed E-state index contributed by atoms with van der Waals surface area (Å²) < 4.78 is 5.11. The molecule has 3 rings (SSSR count). The number of hydrogen-bond donors (Lipinski definition) is 1. The highest BCUT2D eigenvalue weighted by atomic mass is 32.1. The second-order valence-corrected chi connectivity index (χ2v) is 4.99. The molecule has 0 unspecified atom stereocenters. The zero-order valence-electron chi connectivity index (χ0n) is 10.4. The van der Waals surface area contributed by atoms with Gasteiger partial charge in [-0.25, -0.2) is 0 Å². The molecular formula is C14H11N3O2S. The van der Waals surface area contributed by atoms with E-state index in [4.69, 9.17) is 4.52 Å². The molecule has 2 heterocycles. The van der Waals surface area contributed by atoms with Crippen LogP contribution in [-0.4, -0.2) is 16.0 Å². The molecule has 0 aliphatic rings. The van der Waals surface area contributed by atoms with Crippen LogP contribution in [0.15, 0.2) is 52.4 Å². The third kappa shape index (κ3) is 2.75. The van der Waals surface area contributed by atoms with Gasteiger partial charge in [-0.2, -0.15) is 4.98 Å². The van der Waals surface area contributed by atoms with Crippen LogP contribution in [-0.2, 0) is 6.54 Å². The Labute approximate surface area is 119 Å². The van der Waals surface area contributed by atoms with E-state index in [1.165, 1.54) is 11.3 Å². The summed E-state index contributed by atoms with van der Waals surface area (Å²) in [6.07, 6.45) is 0. The fourth-order valence-corrected chi connectivity index (χ4v) is 2.33. The average Bonchev–Trinajstić information content (AvgIpc) is 3.16. The van der Waals surface area contributed by atoms with Gasteiger partial charge in [0.05, 0.1) is 11.4 Å². The molecule has 1 amide bonds. The van der Waals surface area contributed by atoms with E-state index >= 15 is 0 Å². The van der Waals surface area contributed by atoms with Gasteiger partial charge in [0.25, 0.3) is 5.91 Å². The monoisotopic (exact) mass is 285 g/mol. The van der Waals surface area contributed by atoms with Gasteiger partial charge in [-0.15, -0.1) is 11.3 Å². The smallest absolute Gasteiger partial charge is 0.251 e. The first-order valence-electron chi connectivity index (χ1n) is 6.02. The molecule has 100 valence electrons. The Bertz CT molecular complexity index is 692. The molecule has 3 aromatic rings. The molecule has 0 radical (unpaired) electrons. The lowest BCUT2D eigenvalue weighted by atomic mass is 10.2. The van der Waals surface area contributed by atoms with Crippen molar-refractivity contribution in [1.29, 1.82) is 0 Å². The molecule has 2 aromatic heterocycles. The Morgan fingerprint density at radius 1 is 1.20 bits per heavy atom. The van der Waals surface area contributed by atoms with E-state index in [0.717, 1.165) is 4.88 Å². The van der Waals surface area contributed by atoms with Crippen molar-refractivity contribution in [3.05, 3.63) is 59.3 Å². The van der Waals surface area contributed by atoms with Crippen LogP contribution in [0.3, 0.4) is 0 Å². The van der Waals surface area contributed by atoms with Crippen LogP contribution in [0, 0.1) is 0 Å². The predicted octanol–water partition coefficient (Wildman–Crippen LogP) is 2.73. The van der Waals surface area contributed by atoms with E-state index in [-0.39, 0.29) is 12.5 Å². The van der Waals surface area contributed by atoms with Crippen molar-refractivity contribution in [2.24, 2.45) is 0 Å². The van der Waals surface area contributed by atoms with Crippen LogP contribution >= 0.6 is 11.3 Å². The number of thiophene rings is 1. The van der Waals surface area contributed by atoms with Crippen LogP contribution in [0.5, 0.6) is 0 Å². The Hall–Kier alpha value is -2.47. The highest BCUT2D eigenvalue weighted by Crippen LogP contribution is 2.21. The van der Waals surface area contributed by atoms with Crippen LogP contribution in [0.4, 0.5) is 0 Å². The van der Waals surface area contributed by atoms with Crippen molar-refractivity contribution < 1.29 is 9.32 Å². The second kappa shape index (κ2) is 5.66.